The van der Waals surface area contributed by atoms with Crippen LogP contribution in [0.1, 0.15) is 32.1 Å². The number of anilines is 2. The van der Waals surface area contributed by atoms with Crippen LogP contribution in [-0.4, -0.2) is 82.4 Å². The number of piperazine rings is 1. The van der Waals surface area contributed by atoms with Crippen LogP contribution < -0.4 is 20.7 Å². The number of rotatable bonds is 6. The van der Waals surface area contributed by atoms with Crippen molar-refractivity contribution in [2.75, 3.05) is 43.4 Å². The Kier molecular flexibility index (Phi) is 6.64. The van der Waals surface area contributed by atoms with Crippen molar-refractivity contribution in [2.45, 2.75) is 61.8 Å². The second-order valence-electron chi connectivity index (χ2n) is 12.6. The number of nitrogens with zero attached hydrogens (tertiary/aromatic N) is 5. The van der Waals surface area contributed by atoms with Crippen LogP contribution in [0, 0.1) is 5.82 Å². The Balaban J connectivity index is 1.24. The Morgan fingerprint density at radius 3 is 2.86 bits per heavy atom. The van der Waals surface area contributed by atoms with Gasteiger partial charge in [0, 0.05) is 53.6 Å². The molecule has 0 spiro atoms. The number of alkyl halides is 3. The zero-order chi connectivity index (χ0) is 30.4. The van der Waals surface area contributed by atoms with Gasteiger partial charge in [0.15, 0.2) is 5.13 Å². The van der Waals surface area contributed by atoms with Crippen molar-refractivity contribution >= 4 is 55.0 Å². The summed E-state index contributed by atoms with van der Waals surface area (Å²) in [5.74, 6) is 0.0221. The van der Waals surface area contributed by atoms with Crippen molar-refractivity contribution < 1.29 is 22.3 Å². The Bertz CT molecular complexity index is 1790. The van der Waals surface area contributed by atoms with E-state index in [4.69, 9.17) is 32.0 Å². The summed E-state index contributed by atoms with van der Waals surface area (Å²) < 4.78 is 64.3. The third-order valence-corrected chi connectivity index (χ3v) is 11.0. The molecule has 4 fully saturated rings. The first-order chi connectivity index (χ1) is 21.1. The van der Waals surface area contributed by atoms with E-state index in [-0.39, 0.29) is 30.3 Å². The van der Waals surface area contributed by atoms with Crippen LogP contribution in [0.2, 0.25) is 5.02 Å². The van der Waals surface area contributed by atoms with E-state index in [0.717, 1.165) is 30.7 Å². The summed E-state index contributed by atoms with van der Waals surface area (Å²) in [5.41, 5.74) is 6.19. The van der Waals surface area contributed by atoms with Gasteiger partial charge in [0.2, 0.25) is 0 Å². The molecule has 8 rings (SSSR count). The van der Waals surface area contributed by atoms with E-state index in [9.17, 15) is 17.6 Å². The average Bonchev–Trinajstić information content (AvgIpc) is 3.73. The van der Waals surface area contributed by atoms with Gasteiger partial charge in [0.1, 0.15) is 24.4 Å². The minimum absolute atomic E-state index is 0.0595. The lowest BCUT2D eigenvalue weighted by atomic mass is 9.95. The number of aromatic nitrogens is 3. The van der Waals surface area contributed by atoms with Crippen molar-refractivity contribution in [2.24, 2.45) is 0 Å². The van der Waals surface area contributed by atoms with E-state index in [0.29, 0.717) is 75.4 Å². The van der Waals surface area contributed by atoms with Crippen molar-refractivity contribution in [3.05, 3.63) is 35.1 Å². The molecule has 4 unspecified atom stereocenters. The molecule has 3 N–H and O–H groups in total. The molecule has 6 heterocycles. The molecular weight excluding hydrogens is 618 g/mol. The summed E-state index contributed by atoms with van der Waals surface area (Å²) in [5, 5.41) is 4.30. The summed E-state index contributed by atoms with van der Waals surface area (Å²) in [6.45, 7) is 1.98. The lowest BCUT2D eigenvalue weighted by Crippen LogP contribution is -2.63. The van der Waals surface area contributed by atoms with Crippen LogP contribution in [0.5, 0.6) is 6.01 Å². The van der Waals surface area contributed by atoms with Gasteiger partial charge in [-0.3, -0.25) is 4.90 Å². The molecule has 4 aliphatic rings. The SMILES string of the molecule is Nc1nc2c(-c3cc4nc(OCC56CCCN5CC(F)C6)nc(N5CC6CCC(C(F)F)(C5)N6)c4cc3Cl)ccc(F)c2s1. The van der Waals surface area contributed by atoms with Crippen molar-refractivity contribution in [3.63, 3.8) is 0 Å². The molecule has 0 radical (unpaired) electrons. The maximum atomic E-state index is 14.6. The first-order valence-corrected chi connectivity index (χ1v) is 16.0. The van der Waals surface area contributed by atoms with Crippen LogP contribution >= 0.6 is 22.9 Å². The molecule has 4 aliphatic heterocycles. The molecule has 2 aromatic heterocycles. The van der Waals surface area contributed by atoms with Gasteiger partial charge in [-0.2, -0.15) is 9.97 Å². The Hall–Kier alpha value is -3.00. The quantitative estimate of drug-likeness (QED) is 0.253. The monoisotopic (exact) mass is 647 g/mol. The number of nitrogens with two attached hydrogens (primary N) is 1. The normalized spacial score (nSPS) is 28.5. The predicted octanol–water partition coefficient (Wildman–Crippen LogP) is 5.81. The second-order valence-corrected chi connectivity index (χ2v) is 14.0. The van der Waals surface area contributed by atoms with Crippen LogP contribution in [-0.2, 0) is 0 Å². The maximum absolute atomic E-state index is 14.6. The third-order valence-electron chi connectivity index (χ3n) is 9.84. The number of halogens is 5. The largest absolute Gasteiger partial charge is 0.461 e. The lowest BCUT2D eigenvalue weighted by Gasteiger charge is -2.41. The molecule has 4 aromatic rings. The van der Waals surface area contributed by atoms with Crippen LogP contribution in [0.3, 0.4) is 0 Å². The third kappa shape index (κ3) is 4.49. The fraction of sp³-hybridized carbons (Fsp3) is 0.500. The van der Waals surface area contributed by atoms with Crippen LogP contribution in [0.15, 0.2) is 24.3 Å². The highest BCUT2D eigenvalue weighted by Gasteiger charge is 2.52. The number of ether oxygens (including phenoxy) is 1. The molecule has 2 bridgehead atoms. The van der Waals surface area contributed by atoms with E-state index in [2.05, 4.69) is 15.2 Å². The molecular formula is C30H30ClF4N7OS. The Morgan fingerprint density at radius 2 is 2.02 bits per heavy atom. The first-order valence-electron chi connectivity index (χ1n) is 14.8. The number of nitrogens with one attached hydrogen (secondary N) is 1. The molecule has 4 saturated heterocycles. The van der Waals surface area contributed by atoms with Gasteiger partial charge in [-0.05, 0) is 56.5 Å². The molecule has 4 atom stereocenters. The molecule has 232 valence electrons. The highest BCUT2D eigenvalue weighted by molar-refractivity contribution is 7.22. The number of thiazole rings is 1. The smallest absolute Gasteiger partial charge is 0.319 e. The van der Waals surface area contributed by atoms with E-state index in [1.54, 1.807) is 18.2 Å². The number of hydrogen-bond donors (Lipinski definition) is 2. The summed E-state index contributed by atoms with van der Waals surface area (Å²) in [4.78, 5) is 17.9. The first kappa shape index (κ1) is 28.5. The van der Waals surface area contributed by atoms with E-state index in [1.165, 1.54) is 6.07 Å². The average molecular weight is 648 g/mol. The van der Waals surface area contributed by atoms with Gasteiger partial charge in [0.05, 0.1) is 26.8 Å². The Labute approximate surface area is 259 Å². The molecule has 8 nitrogen and oxygen atoms in total. The fourth-order valence-electron chi connectivity index (χ4n) is 7.80. The minimum atomic E-state index is -2.55. The topological polar surface area (TPSA) is 92.4 Å². The number of fused-ring (bicyclic) bond motifs is 5. The Morgan fingerprint density at radius 1 is 1.16 bits per heavy atom. The summed E-state index contributed by atoms with van der Waals surface area (Å²) in [6.07, 6.45) is -0.286. The summed E-state index contributed by atoms with van der Waals surface area (Å²) in [6, 6.07) is 6.41. The zero-order valence-corrected chi connectivity index (χ0v) is 25.2. The second kappa shape index (κ2) is 10.3. The van der Waals surface area contributed by atoms with Crippen molar-refractivity contribution in [3.8, 4) is 17.1 Å². The maximum Gasteiger partial charge on any atom is 0.319 e. The molecule has 2 aromatic carbocycles. The van der Waals surface area contributed by atoms with Gasteiger partial charge in [-0.25, -0.2) is 22.5 Å². The van der Waals surface area contributed by atoms with E-state index >= 15 is 0 Å². The highest BCUT2D eigenvalue weighted by Crippen LogP contribution is 2.44. The van der Waals surface area contributed by atoms with E-state index in [1.807, 2.05) is 4.90 Å². The standard InChI is InChI=1S/C30H30ClF4N7OS/c31-20-8-19-22(9-18(20)17-2-3-21(33)24-23(17)38-27(36)44-24)37-28(43-14-29-5-1-7-42(29)11-15(32)10-29)39-25(19)41-12-16-4-6-30(13-41,40-16)26(34)35/h2-3,8-9,15-16,26,40H,1,4-7,10-14H2,(H2,36,38). The number of nitrogen functional groups attached to an aromatic ring is 1. The van der Waals surface area contributed by atoms with Gasteiger partial charge >= 0.3 is 6.01 Å². The van der Waals surface area contributed by atoms with Crippen LogP contribution in [0.4, 0.5) is 28.5 Å². The zero-order valence-electron chi connectivity index (χ0n) is 23.6. The summed E-state index contributed by atoms with van der Waals surface area (Å²) >= 11 is 7.93. The molecule has 0 aliphatic carbocycles. The minimum Gasteiger partial charge on any atom is -0.461 e. The van der Waals surface area contributed by atoms with Gasteiger partial charge in [0.25, 0.3) is 6.43 Å². The van der Waals surface area contributed by atoms with Crippen molar-refractivity contribution in [1.29, 1.82) is 0 Å². The van der Waals surface area contributed by atoms with Gasteiger partial charge in [-0.15, -0.1) is 0 Å². The van der Waals surface area contributed by atoms with Gasteiger partial charge in [-0.1, -0.05) is 22.9 Å². The van der Waals surface area contributed by atoms with Crippen molar-refractivity contribution in [1.82, 2.24) is 25.2 Å². The van der Waals surface area contributed by atoms with Crippen LogP contribution in [0.25, 0.3) is 32.2 Å². The number of benzene rings is 2. The van der Waals surface area contributed by atoms with Gasteiger partial charge < -0.3 is 20.7 Å². The van der Waals surface area contributed by atoms with E-state index < -0.39 is 29.5 Å². The molecule has 14 heteroatoms. The number of hydrogen-bond acceptors (Lipinski definition) is 9. The highest BCUT2D eigenvalue weighted by atomic mass is 35.5. The predicted molar refractivity (Wildman–Crippen MR) is 163 cm³/mol. The summed E-state index contributed by atoms with van der Waals surface area (Å²) in [7, 11) is 0. The molecule has 0 saturated carbocycles. The fourth-order valence-corrected chi connectivity index (χ4v) is 8.83. The lowest BCUT2D eigenvalue weighted by molar-refractivity contribution is 0.0367. The molecule has 44 heavy (non-hydrogen) atoms. The molecule has 0 amide bonds.